The summed E-state index contributed by atoms with van der Waals surface area (Å²) in [6.45, 7) is 0. The SMILES string of the molecule is O[C@@H]1C2[C@@H]3[C@H]2[C@H]2CCCC[C@@H]3C12. The first kappa shape index (κ1) is 6.42. The van der Waals surface area contributed by atoms with Gasteiger partial charge in [-0.15, -0.1) is 0 Å². The molecule has 5 aliphatic carbocycles. The van der Waals surface area contributed by atoms with E-state index in [2.05, 4.69) is 0 Å². The van der Waals surface area contributed by atoms with Crippen LogP contribution in [0.3, 0.4) is 0 Å². The lowest BCUT2D eigenvalue weighted by Gasteiger charge is -2.18. The third kappa shape index (κ3) is 0.477. The molecule has 12 heavy (non-hydrogen) atoms. The smallest absolute Gasteiger partial charge is 0.0607 e. The minimum atomic E-state index is 0.132. The number of aliphatic hydroxyl groups is 1. The molecule has 0 aliphatic heterocycles. The molecule has 0 saturated heterocycles. The van der Waals surface area contributed by atoms with Gasteiger partial charge in [-0.2, -0.15) is 0 Å². The highest BCUT2D eigenvalue weighted by molar-refractivity contribution is 5.24. The van der Waals surface area contributed by atoms with Crippen molar-refractivity contribution >= 4 is 0 Å². The molecule has 0 amide bonds. The summed E-state index contributed by atoms with van der Waals surface area (Å²) in [5, 5.41) is 9.98. The van der Waals surface area contributed by atoms with E-state index in [1.807, 2.05) is 0 Å². The van der Waals surface area contributed by atoms with Crippen LogP contribution >= 0.6 is 0 Å². The van der Waals surface area contributed by atoms with Crippen molar-refractivity contribution in [3.05, 3.63) is 0 Å². The van der Waals surface area contributed by atoms with E-state index in [0.717, 1.165) is 35.5 Å². The monoisotopic (exact) mass is 164 g/mol. The van der Waals surface area contributed by atoms with E-state index in [1.54, 1.807) is 0 Å². The maximum Gasteiger partial charge on any atom is 0.0607 e. The van der Waals surface area contributed by atoms with Gasteiger partial charge in [0.25, 0.3) is 0 Å². The molecule has 1 N–H and O–H groups in total. The van der Waals surface area contributed by atoms with E-state index in [-0.39, 0.29) is 6.10 Å². The van der Waals surface area contributed by atoms with Crippen LogP contribution in [0.5, 0.6) is 0 Å². The molecule has 5 saturated carbocycles. The van der Waals surface area contributed by atoms with E-state index in [4.69, 9.17) is 0 Å². The molecular weight excluding hydrogens is 148 g/mol. The molecule has 5 fully saturated rings. The van der Waals surface area contributed by atoms with E-state index in [1.165, 1.54) is 25.7 Å². The third-order valence-electron chi connectivity index (χ3n) is 5.28. The van der Waals surface area contributed by atoms with Gasteiger partial charge in [0.05, 0.1) is 6.10 Å². The maximum atomic E-state index is 9.98. The molecule has 1 heteroatoms. The molecular formula is C11H16O. The van der Waals surface area contributed by atoms with Crippen molar-refractivity contribution in [2.45, 2.75) is 31.8 Å². The van der Waals surface area contributed by atoms with E-state index < -0.39 is 0 Å². The first-order chi connectivity index (χ1) is 5.89. The van der Waals surface area contributed by atoms with Crippen molar-refractivity contribution in [1.29, 1.82) is 0 Å². The summed E-state index contributed by atoms with van der Waals surface area (Å²) < 4.78 is 0. The number of aliphatic hydroxyl groups excluding tert-OH is 1. The van der Waals surface area contributed by atoms with Gasteiger partial charge < -0.3 is 5.11 Å². The summed E-state index contributed by atoms with van der Waals surface area (Å²) in [5.74, 6) is 5.45. The second-order valence-corrected chi connectivity index (χ2v) is 5.41. The molecule has 7 atom stereocenters. The van der Waals surface area contributed by atoms with Gasteiger partial charge >= 0.3 is 0 Å². The van der Waals surface area contributed by atoms with Crippen LogP contribution in [0.4, 0.5) is 0 Å². The van der Waals surface area contributed by atoms with Crippen molar-refractivity contribution in [3.63, 3.8) is 0 Å². The summed E-state index contributed by atoms with van der Waals surface area (Å²) in [5.41, 5.74) is 0. The molecule has 5 aliphatic rings. The predicted molar refractivity (Wildman–Crippen MR) is 45.4 cm³/mol. The van der Waals surface area contributed by atoms with Crippen LogP contribution in [-0.4, -0.2) is 11.2 Å². The van der Waals surface area contributed by atoms with Crippen molar-refractivity contribution < 1.29 is 5.11 Å². The number of hydrogen-bond donors (Lipinski definition) is 1. The van der Waals surface area contributed by atoms with Gasteiger partial charge in [-0.25, -0.2) is 0 Å². The van der Waals surface area contributed by atoms with Crippen LogP contribution in [0.15, 0.2) is 0 Å². The Bertz CT molecular complexity index is 217. The number of hydrogen-bond acceptors (Lipinski definition) is 1. The minimum absolute atomic E-state index is 0.132. The van der Waals surface area contributed by atoms with E-state index in [9.17, 15) is 5.11 Å². The predicted octanol–water partition coefficient (Wildman–Crippen LogP) is 1.66. The van der Waals surface area contributed by atoms with Crippen LogP contribution in [0, 0.1) is 35.5 Å². The van der Waals surface area contributed by atoms with E-state index in [0.29, 0.717) is 0 Å². The fourth-order valence-electron chi connectivity index (χ4n) is 5.11. The minimum Gasteiger partial charge on any atom is -0.393 e. The topological polar surface area (TPSA) is 20.2 Å². The molecule has 1 nitrogen and oxygen atoms in total. The lowest BCUT2D eigenvalue weighted by Crippen LogP contribution is -2.19. The molecule has 0 aromatic heterocycles. The highest BCUT2D eigenvalue weighted by atomic mass is 16.3. The Morgan fingerprint density at radius 1 is 0.750 bits per heavy atom. The molecule has 0 aromatic carbocycles. The fraction of sp³-hybridized carbons (Fsp3) is 1.00. The normalized spacial score (nSPS) is 71.2. The Labute approximate surface area is 73.2 Å². The standard InChI is InChI=1S/C11H16O/c12-11-7-5-3-1-2-4-6(7)9-8(5)10(9)11/h5-12H,1-4H2/t5-,6+,7?,8+,9-,10?,11-/m0/s1. The first-order valence-corrected chi connectivity index (χ1v) is 5.57. The zero-order valence-corrected chi connectivity index (χ0v) is 7.32. The first-order valence-electron chi connectivity index (χ1n) is 5.57. The lowest BCUT2D eigenvalue weighted by molar-refractivity contribution is 0.107. The molecule has 66 valence electrons. The van der Waals surface area contributed by atoms with Crippen LogP contribution in [0.1, 0.15) is 25.7 Å². The highest BCUT2D eigenvalue weighted by Crippen LogP contribution is 2.78. The summed E-state index contributed by atoms with van der Waals surface area (Å²) in [6.07, 6.45) is 5.90. The summed E-state index contributed by atoms with van der Waals surface area (Å²) in [4.78, 5) is 0. The average Bonchev–Trinajstić information content (AvgIpc) is 2.54. The second-order valence-electron chi connectivity index (χ2n) is 5.41. The van der Waals surface area contributed by atoms with Crippen molar-refractivity contribution in [2.75, 3.05) is 0 Å². The average molecular weight is 164 g/mol. The van der Waals surface area contributed by atoms with Gasteiger partial charge in [0.1, 0.15) is 0 Å². The van der Waals surface area contributed by atoms with Crippen molar-refractivity contribution in [3.8, 4) is 0 Å². The van der Waals surface area contributed by atoms with Crippen molar-refractivity contribution in [1.82, 2.24) is 0 Å². The van der Waals surface area contributed by atoms with Gasteiger partial charge in [0, 0.05) is 0 Å². The Morgan fingerprint density at radius 2 is 1.33 bits per heavy atom. The van der Waals surface area contributed by atoms with E-state index >= 15 is 0 Å². The molecule has 0 heterocycles. The molecule has 0 aromatic rings. The Balaban J connectivity index is 1.81. The maximum absolute atomic E-state index is 9.98. The van der Waals surface area contributed by atoms with Gasteiger partial charge in [0.15, 0.2) is 0 Å². The molecule has 5 rings (SSSR count). The zero-order chi connectivity index (χ0) is 7.87. The Kier molecular flexibility index (Phi) is 0.934. The zero-order valence-electron chi connectivity index (χ0n) is 7.32. The van der Waals surface area contributed by atoms with Gasteiger partial charge in [-0.1, -0.05) is 12.8 Å². The highest BCUT2D eigenvalue weighted by Gasteiger charge is 2.77. The van der Waals surface area contributed by atoms with Crippen LogP contribution in [0.2, 0.25) is 0 Å². The van der Waals surface area contributed by atoms with Crippen LogP contribution in [-0.2, 0) is 0 Å². The Hall–Kier alpha value is -0.0400. The fourth-order valence-corrected chi connectivity index (χ4v) is 5.11. The second kappa shape index (κ2) is 1.75. The molecule has 0 radical (unpaired) electrons. The summed E-state index contributed by atoms with van der Waals surface area (Å²) in [6, 6.07) is 0. The van der Waals surface area contributed by atoms with Gasteiger partial charge in [0.2, 0.25) is 0 Å². The summed E-state index contributed by atoms with van der Waals surface area (Å²) in [7, 11) is 0. The number of rotatable bonds is 0. The molecule has 6 bridgehead atoms. The van der Waals surface area contributed by atoms with Crippen molar-refractivity contribution in [2.24, 2.45) is 35.5 Å². The van der Waals surface area contributed by atoms with Gasteiger partial charge in [-0.05, 0) is 48.3 Å². The molecule has 0 spiro atoms. The quantitative estimate of drug-likeness (QED) is 0.577. The largest absolute Gasteiger partial charge is 0.393 e. The third-order valence-corrected chi connectivity index (χ3v) is 5.28. The van der Waals surface area contributed by atoms with Crippen LogP contribution < -0.4 is 0 Å². The Morgan fingerprint density at radius 3 is 1.83 bits per heavy atom. The summed E-state index contributed by atoms with van der Waals surface area (Å²) >= 11 is 0. The molecule has 2 unspecified atom stereocenters. The van der Waals surface area contributed by atoms with Crippen LogP contribution in [0.25, 0.3) is 0 Å². The van der Waals surface area contributed by atoms with Gasteiger partial charge in [-0.3, -0.25) is 0 Å². The lowest BCUT2D eigenvalue weighted by atomic mass is 9.89.